The summed E-state index contributed by atoms with van der Waals surface area (Å²) in [6.07, 6.45) is 3.72. The second-order valence-electron chi connectivity index (χ2n) is 7.58. The molecule has 1 N–H and O–H groups in total. The Hall–Kier alpha value is -3.01. The van der Waals surface area contributed by atoms with Gasteiger partial charge in [-0.25, -0.2) is 4.79 Å². The van der Waals surface area contributed by atoms with Crippen LogP contribution in [0.2, 0.25) is 0 Å². The molecule has 7 nitrogen and oxygen atoms in total. The number of rotatable bonds is 4. The summed E-state index contributed by atoms with van der Waals surface area (Å²) in [6.45, 7) is 1.13. The molecule has 146 valence electrons. The molecule has 0 unspecified atom stereocenters. The molecule has 1 aromatic heterocycles. The first kappa shape index (κ1) is 18.4. The van der Waals surface area contributed by atoms with E-state index in [2.05, 4.69) is 6.07 Å². The van der Waals surface area contributed by atoms with Gasteiger partial charge in [0.2, 0.25) is 5.91 Å². The van der Waals surface area contributed by atoms with E-state index >= 15 is 0 Å². The first-order chi connectivity index (χ1) is 13.6. The third kappa shape index (κ3) is 3.42. The van der Waals surface area contributed by atoms with Crippen molar-refractivity contribution in [2.75, 3.05) is 13.1 Å². The number of likely N-dealkylation sites (tertiary alicyclic amines) is 2. The van der Waals surface area contributed by atoms with Gasteiger partial charge in [-0.2, -0.15) is 5.26 Å². The number of carbonyl (C=O) groups excluding carboxylic acids is 1. The minimum Gasteiger partial charge on any atom is -0.465 e. The maximum atomic E-state index is 13.0. The van der Waals surface area contributed by atoms with Crippen molar-refractivity contribution < 1.29 is 19.1 Å². The van der Waals surface area contributed by atoms with E-state index in [0.717, 1.165) is 42.4 Å². The van der Waals surface area contributed by atoms with Gasteiger partial charge in [-0.3, -0.25) is 9.69 Å². The SMILES string of the molecule is N#Cc1ccc2oc(CC[C@@H]3CCCN3C(=O)[C@H]3CCCN3C(=O)O)cc2c1. The van der Waals surface area contributed by atoms with E-state index in [4.69, 9.17) is 9.68 Å². The fraction of sp³-hybridized carbons (Fsp3) is 0.476. The highest BCUT2D eigenvalue weighted by Gasteiger charge is 2.39. The predicted molar refractivity (Wildman–Crippen MR) is 102 cm³/mol. The van der Waals surface area contributed by atoms with Gasteiger partial charge in [-0.1, -0.05) is 0 Å². The van der Waals surface area contributed by atoms with Crippen molar-refractivity contribution in [2.24, 2.45) is 0 Å². The van der Waals surface area contributed by atoms with Gasteiger partial charge in [-0.05, 0) is 56.4 Å². The fourth-order valence-electron chi connectivity index (χ4n) is 4.47. The number of fused-ring (bicyclic) bond motifs is 1. The highest BCUT2D eigenvalue weighted by atomic mass is 16.4. The van der Waals surface area contributed by atoms with Crippen LogP contribution < -0.4 is 0 Å². The van der Waals surface area contributed by atoms with Crippen molar-refractivity contribution in [3.8, 4) is 6.07 Å². The second-order valence-corrected chi connectivity index (χ2v) is 7.58. The van der Waals surface area contributed by atoms with Gasteiger partial charge in [0, 0.05) is 30.9 Å². The minimum absolute atomic E-state index is 0.0503. The summed E-state index contributed by atoms with van der Waals surface area (Å²) in [4.78, 5) is 27.5. The van der Waals surface area contributed by atoms with Gasteiger partial charge in [-0.15, -0.1) is 0 Å². The van der Waals surface area contributed by atoms with E-state index in [1.165, 1.54) is 4.90 Å². The summed E-state index contributed by atoms with van der Waals surface area (Å²) in [5.41, 5.74) is 1.36. The van der Waals surface area contributed by atoms with Crippen molar-refractivity contribution in [3.63, 3.8) is 0 Å². The summed E-state index contributed by atoms with van der Waals surface area (Å²) in [6, 6.07) is 9.03. The molecule has 2 aliphatic heterocycles. The number of hydrogen-bond acceptors (Lipinski definition) is 4. The van der Waals surface area contributed by atoms with E-state index in [1.807, 2.05) is 23.1 Å². The molecular formula is C21H23N3O4. The van der Waals surface area contributed by atoms with Crippen LogP contribution in [0, 0.1) is 11.3 Å². The Labute approximate surface area is 163 Å². The molecule has 2 fully saturated rings. The molecule has 2 atom stereocenters. The number of carbonyl (C=O) groups is 2. The Balaban J connectivity index is 1.42. The molecule has 2 amide bonds. The van der Waals surface area contributed by atoms with Gasteiger partial charge >= 0.3 is 6.09 Å². The van der Waals surface area contributed by atoms with Gasteiger partial charge in [0.25, 0.3) is 0 Å². The molecule has 2 saturated heterocycles. The van der Waals surface area contributed by atoms with E-state index in [-0.39, 0.29) is 11.9 Å². The Morgan fingerprint density at radius 2 is 1.96 bits per heavy atom. The monoisotopic (exact) mass is 381 g/mol. The smallest absolute Gasteiger partial charge is 0.407 e. The maximum absolute atomic E-state index is 13.0. The lowest BCUT2D eigenvalue weighted by Crippen LogP contribution is -2.49. The summed E-state index contributed by atoms with van der Waals surface area (Å²) < 4.78 is 5.87. The third-order valence-corrected chi connectivity index (χ3v) is 5.86. The number of nitrogens with zero attached hydrogens (tertiary/aromatic N) is 3. The average molecular weight is 381 g/mol. The van der Waals surface area contributed by atoms with Gasteiger partial charge in [0.05, 0.1) is 11.6 Å². The number of aryl methyl sites for hydroxylation is 1. The number of benzene rings is 1. The van der Waals surface area contributed by atoms with Crippen molar-refractivity contribution in [2.45, 2.75) is 50.6 Å². The van der Waals surface area contributed by atoms with Crippen LogP contribution >= 0.6 is 0 Å². The molecule has 2 aliphatic rings. The van der Waals surface area contributed by atoms with Crippen molar-refractivity contribution in [1.82, 2.24) is 9.80 Å². The fourth-order valence-corrected chi connectivity index (χ4v) is 4.47. The maximum Gasteiger partial charge on any atom is 0.407 e. The standard InChI is InChI=1S/C21H23N3O4/c22-13-14-5-8-19-15(11-14)12-17(28-19)7-6-16-3-1-9-23(16)20(25)18-4-2-10-24(18)21(26)27/h5,8,11-12,16,18H,1-4,6-7,9-10H2,(H,26,27)/t16-,18+/m0/s1. The van der Waals surface area contributed by atoms with Crippen molar-refractivity contribution in [3.05, 3.63) is 35.6 Å². The summed E-state index contributed by atoms with van der Waals surface area (Å²) in [5.74, 6) is 0.795. The lowest BCUT2D eigenvalue weighted by atomic mass is 10.1. The molecular weight excluding hydrogens is 358 g/mol. The topological polar surface area (TPSA) is 97.8 Å². The van der Waals surface area contributed by atoms with Crippen LogP contribution in [0.1, 0.15) is 43.4 Å². The first-order valence-electron chi connectivity index (χ1n) is 9.79. The average Bonchev–Trinajstić information content (AvgIpc) is 3.43. The quantitative estimate of drug-likeness (QED) is 0.876. The molecule has 0 spiro atoms. The van der Waals surface area contributed by atoms with E-state index in [1.54, 1.807) is 6.07 Å². The highest BCUT2D eigenvalue weighted by molar-refractivity contribution is 5.86. The van der Waals surface area contributed by atoms with Gasteiger partial charge in [0.15, 0.2) is 0 Å². The molecule has 2 aromatic rings. The lowest BCUT2D eigenvalue weighted by molar-refractivity contribution is -0.136. The highest BCUT2D eigenvalue weighted by Crippen LogP contribution is 2.28. The molecule has 1 aromatic carbocycles. The molecule has 0 bridgehead atoms. The van der Waals surface area contributed by atoms with E-state index in [9.17, 15) is 14.7 Å². The summed E-state index contributed by atoms with van der Waals surface area (Å²) in [7, 11) is 0. The van der Waals surface area contributed by atoms with Crippen LogP contribution in [0.25, 0.3) is 11.0 Å². The number of furan rings is 1. The van der Waals surface area contributed by atoms with Crippen LogP contribution in [0.4, 0.5) is 4.79 Å². The zero-order valence-electron chi connectivity index (χ0n) is 15.6. The lowest BCUT2D eigenvalue weighted by Gasteiger charge is -2.30. The molecule has 28 heavy (non-hydrogen) atoms. The van der Waals surface area contributed by atoms with Crippen LogP contribution in [0.5, 0.6) is 0 Å². The Morgan fingerprint density at radius 3 is 2.75 bits per heavy atom. The Morgan fingerprint density at radius 1 is 1.18 bits per heavy atom. The first-order valence-corrected chi connectivity index (χ1v) is 9.79. The Kier molecular flexibility index (Phi) is 4.95. The van der Waals surface area contributed by atoms with Crippen LogP contribution in [0.3, 0.4) is 0 Å². The molecule has 7 heteroatoms. The van der Waals surface area contributed by atoms with Crippen LogP contribution in [0.15, 0.2) is 28.7 Å². The second kappa shape index (κ2) is 7.55. The number of amides is 2. The largest absolute Gasteiger partial charge is 0.465 e. The van der Waals surface area contributed by atoms with Crippen LogP contribution in [-0.2, 0) is 11.2 Å². The molecule has 0 aliphatic carbocycles. The number of hydrogen-bond donors (Lipinski definition) is 1. The molecule has 0 saturated carbocycles. The van der Waals surface area contributed by atoms with Crippen molar-refractivity contribution in [1.29, 1.82) is 5.26 Å². The van der Waals surface area contributed by atoms with Crippen LogP contribution in [-0.4, -0.2) is 52.1 Å². The molecule has 0 radical (unpaired) electrons. The third-order valence-electron chi connectivity index (χ3n) is 5.86. The number of carboxylic acid groups (broad SMARTS) is 1. The number of nitriles is 1. The van der Waals surface area contributed by atoms with Gasteiger partial charge in [0.1, 0.15) is 17.4 Å². The molecule has 4 rings (SSSR count). The predicted octanol–water partition coefficient (Wildman–Crippen LogP) is 3.37. The van der Waals surface area contributed by atoms with E-state index < -0.39 is 12.1 Å². The normalized spacial score (nSPS) is 22.0. The summed E-state index contributed by atoms with van der Waals surface area (Å²) in [5, 5.41) is 19.3. The summed E-state index contributed by atoms with van der Waals surface area (Å²) >= 11 is 0. The van der Waals surface area contributed by atoms with Crippen molar-refractivity contribution >= 4 is 23.0 Å². The molecule has 3 heterocycles. The Bertz CT molecular complexity index is 945. The minimum atomic E-state index is -1.01. The zero-order chi connectivity index (χ0) is 19.7. The van der Waals surface area contributed by atoms with E-state index in [0.29, 0.717) is 31.5 Å². The zero-order valence-corrected chi connectivity index (χ0v) is 15.6. The van der Waals surface area contributed by atoms with Gasteiger partial charge < -0.3 is 14.4 Å².